The van der Waals surface area contributed by atoms with E-state index in [1.54, 1.807) is 7.11 Å². The number of nitrogens with zero attached hydrogens (tertiary/aromatic N) is 1. The maximum absolute atomic E-state index is 9.31. The van der Waals surface area contributed by atoms with E-state index in [9.17, 15) is 5.11 Å². The van der Waals surface area contributed by atoms with E-state index in [2.05, 4.69) is 9.99 Å². The highest BCUT2D eigenvalue weighted by Crippen LogP contribution is 2.24. The predicted octanol–water partition coefficient (Wildman–Crippen LogP) is 2.64. The van der Waals surface area contributed by atoms with Crippen LogP contribution in [0.2, 0.25) is 0 Å². The van der Waals surface area contributed by atoms with Crippen LogP contribution in [0.4, 0.5) is 0 Å². The molecule has 1 aliphatic rings. The van der Waals surface area contributed by atoms with Gasteiger partial charge in [0, 0.05) is 6.42 Å². The molecule has 1 rings (SSSR count). The molecule has 1 atom stereocenters. The van der Waals surface area contributed by atoms with Gasteiger partial charge in [-0.2, -0.15) is 0 Å². The lowest BCUT2D eigenvalue weighted by Crippen LogP contribution is -2.08. The zero-order valence-corrected chi connectivity index (χ0v) is 8.29. The summed E-state index contributed by atoms with van der Waals surface area (Å²) in [6.45, 7) is 1.95. The fourth-order valence-corrected chi connectivity index (χ4v) is 1.72. The van der Waals surface area contributed by atoms with Gasteiger partial charge in [0.05, 0.1) is 11.5 Å². The van der Waals surface area contributed by atoms with Crippen LogP contribution in [0.1, 0.15) is 32.6 Å². The molecule has 0 amide bonds. The van der Waals surface area contributed by atoms with Gasteiger partial charge in [-0.25, -0.2) is 0 Å². The summed E-state index contributed by atoms with van der Waals surface area (Å²) in [5.41, 5.74) is 0.985. The average Bonchev–Trinajstić information content (AvgIpc) is 2.04. The first kappa shape index (κ1) is 10.1. The Balaban J connectivity index is 2.45. The lowest BCUT2D eigenvalue weighted by atomic mass is 9.90. The molecule has 74 valence electrons. The van der Waals surface area contributed by atoms with Gasteiger partial charge in [0.2, 0.25) is 0 Å². The van der Waals surface area contributed by atoms with Crippen molar-refractivity contribution in [3.63, 3.8) is 0 Å². The van der Waals surface area contributed by atoms with Gasteiger partial charge < -0.3 is 9.94 Å². The Labute approximate surface area is 79.1 Å². The lowest BCUT2D eigenvalue weighted by Gasteiger charge is -2.17. The van der Waals surface area contributed by atoms with Crippen molar-refractivity contribution in [2.45, 2.75) is 32.6 Å². The van der Waals surface area contributed by atoms with E-state index in [1.165, 1.54) is 0 Å². The molecule has 0 saturated heterocycles. The van der Waals surface area contributed by atoms with Crippen molar-refractivity contribution in [1.29, 1.82) is 0 Å². The Kier molecular flexibility index (Phi) is 3.80. The molecule has 0 fully saturated rings. The number of hydrogen-bond acceptors (Lipinski definition) is 3. The first-order chi connectivity index (χ1) is 6.22. The second kappa shape index (κ2) is 4.90. The SMILES string of the molecule is CO/N=C(\C)CC1C=C(O)CCC1. The number of aliphatic hydroxyl groups excluding tert-OH is 1. The van der Waals surface area contributed by atoms with E-state index in [1.807, 2.05) is 13.0 Å². The Morgan fingerprint density at radius 2 is 2.54 bits per heavy atom. The number of oxime groups is 1. The molecule has 0 aliphatic heterocycles. The maximum Gasteiger partial charge on any atom is 0.106 e. The smallest absolute Gasteiger partial charge is 0.106 e. The third-order valence-electron chi connectivity index (χ3n) is 2.24. The van der Waals surface area contributed by atoms with Crippen LogP contribution in [0.25, 0.3) is 0 Å². The van der Waals surface area contributed by atoms with Crippen molar-refractivity contribution in [2.24, 2.45) is 11.1 Å². The molecular weight excluding hydrogens is 166 g/mol. The molecular formula is C10H17NO2. The minimum Gasteiger partial charge on any atom is -0.513 e. The molecule has 0 aromatic rings. The fourth-order valence-electron chi connectivity index (χ4n) is 1.72. The Morgan fingerprint density at radius 1 is 1.77 bits per heavy atom. The summed E-state index contributed by atoms with van der Waals surface area (Å²) in [6.07, 6.45) is 5.88. The Morgan fingerprint density at radius 3 is 3.15 bits per heavy atom. The molecule has 13 heavy (non-hydrogen) atoms. The van der Waals surface area contributed by atoms with Crippen molar-refractivity contribution in [1.82, 2.24) is 0 Å². The highest BCUT2D eigenvalue weighted by Gasteiger charge is 2.13. The lowest BCUT2D eigenvalue weighted by molar-refractivity contribution is 0.211. The molecule has 0 aromatic carbocycles. The van der Waals surface area contributed by atoms with Crippen LogP contribution in [-0.2, 0) is 4.84 Å². The van der Waals surface area contributed by atoms with Gasteiger partial charge >= 0.3 is 0 Å². The highest BCUT2D eigenvalue weighted by molar-refractivity contribution is 5.81. The maximum atomic E-state index is 9.31. The molecule has 3 heteroatoms. The van der Waals surface area contributed by atoms with Crippen LogP contribution < -0.4 is 0 Å². The normalized spacial score (nSPS) is 24.0. The van der Waals surface area contributed by atoms with Crippen molar-refractivity contribution in [3.05, 3.63) is 11.8 Å². The summed E-state index contributed by atoms with van der Waals surface area (Å²) in [7, 11) is 1.55. The van der Waals surface area contributed by atoms with Gasteiger partial charge in [-0.1, -0.05) is 5.16 Å². The monoisotopic (exact) mass is 183 g/mol. The van der Waals surface area contributed by atoms with E-state index in [-0.39, 0.29) is 0 Å². The predicted molar refractivity (Wildman–Crippen MR) is 52.8 cm³/mol. The second-order valence-corrected chi connectivity index (χ2v) is 3.52. The van der Waals surface area contributed by atoms with Crippen molar-refractivity contribution in [2.75, 3.05) is 7.11 Å². The quantitative estimate of drug-likeness (QED) is 0.540. The summed E-state index contributed by atoms with van der Waals surface area (Å²) in [4.78, 5) is 4.68. The minimum atomic E-state index is 0.438. The van der Waals surface area contributed by atoms with E-state index in [0.29, 0.717) is 11.7 Å². The molecule has 0 bridgehead atoms. The molecule has 3 nitrogen and oxygen atoms in total. The first-order valence-electron chi connectivity index (χ1n) is 4.68. The Bertz CT molecular complexity index is 221. The van der Waals surface area contributed by atoms with E-state index >= 15 is 0 Å². The van der Waals surface area contributed by atoms with E-state index < -0.39 is 0 Å². The standard InChI is InChI=1S/C10H17NO2/c1-8(11-13-2)6-9-4-3-5-10(12)7-9/h7,9,12H,3-6H2,1-2H3/b11-8+. The van der Waals surface area contributed by atoms with Crippen LogP contribution in [-0.4, -0.2) is 17.9 Å². The molecule has 0 heterocycles. The van der Waals surface area contributed by atoms with Gasteiger partial charge in [0.15, 0.2) is 0 Å². The topological polar surface area (TPSA) is 41.8 Å². The van der Waals surface area contributed by atoms with Crippen molar-refractivity contribution in [3.8, 4) is 0 Å². The third kappa shape index (κ3) is 3.49. The molecule has 1 N–H and O–H groups in total. The van der Waals surface area contributed by atoms with Crippen molar-refractivity contribution < 1.29 is 9.94 Å². The third-order valence-corrected chi connectivity index (χ3v) is 2.24. The van der Waals surface area contributed by atoms with Crippen LogP contribution in [0.5, 0.6) is 0 Å². The molecule has 0 radical (unpaired) electrons. The molecule has 0 aromatic heterocycles. The molecule has 1 unspecified atom stereocenters. The van der Waals surface area contributed by atoms with Crippen LogP contribution >= 0.6 is 0 Å². The van der Waals surface area contributed by atoms with Gasteiger partial charge in [-0.3, -0.25) is 0 Å². The first-order valence-corrected chi connectivity index (χ1v) is 4.68. The summed E-state index contributed by atoms with van der Waals surface area (Å²) >= 11 is 0. The van der Waals surface area contributed by atoms with Gasteiger partial charge in [-0.15, -0.1) is 0 Å². The zero-order valence-electron chi connectivity index (χ0n) is 8.29. The molecule has 1 aliphatic carbocycles. The van der Waals surface area contributed by atoms with Crippen LogP contribution in [0, 0.1) is 5.92 Å². The minimum absolute atomic E-state index is 0.438. The number of aliphatic hydroxyl groups is 1. The molecule has 0 spiro atoms. The largest absolute Gasteiger partial charge is 0.513 e. The second-order valence-electron chi connectivity index (χ2n) is 3.52. The fraction of sp³-hybridized carbons (Fsp3) is 0.700. The highest BCUT2D eigenvalue weighted by atomic mass is 16.6. The summed E-state index contributed by atoms with van der Waals surface area (Å²) in [6, 6.07) is 0. The number of allylic oxidation sites excluding steroid dienone is 2. The van der Waals surface area contributed by atoms with Gasteiger partial charge in [-0.05, 0) is 38.2 Å². The molecule has 0 saturated carbocycles. The average molecular weight is 183 g/mol. The van der Waals surface area contributed by atoms with Crippen LogP contribution in [0.15, 0.2) is 17.0 Å². The summed E-state index contributed by atoms with van der Waals surface area (Å²) in [5.74, 6) is 0.967. The van der Waals surface area contributed by atoms with Gasteiger partial charge in [0.25, 0.3) is 0 Å². The van der Waals surface area contributed by atoms with E-state index in [0.717, 1.165) is 31.4 Å². The number of rotatable bonds is 3. The number of hydrogen-bond donors (Lipinski definition) is 1. The summed E-state index contributed by atoms with van der Waals surface area (Å²) in [5, 5.41) is 13.2. The van der Waals surface area contributed by atoms with Crippen LogP contribution in [0.3, 0.4) is 0 Å². The summed E-state index contributed by atoms with van der Waals surface area (Å²) < 4.78 is 0. The Hall–Kier alpha value is -0.990. The zero-order chi connectivity index (χ0) is 9.68. The van der Waals surface area contributed by atoms with Crippen molar-refractivity contribution >= 4 is 5.71 Å². The van der Waals surface area contributed by atoms with Gasteiger partial charge in [0.1, 0.15) is 7.11 Å². The van der Waals surface area contributed by atoms with E-state index in [4.69, 9.17) is 0 Å².